The highest BCUT2D eigenvalue weighted by molar-refractivity contribution is 7.99. The number of rotatable bonds is 3. The summed E-state index contributed by atoms with van der Waals surface area (Å²) in [6.07, 6.45) is 2.59. The Morgan fingerprint density at radius 2 is 2.12 bits per heavy atom. The Kier molecular flexibility index (Phi) is 4.56. The Morgan fingerprint density at radius 3 is 2.81 bits per heavy atom. The smallest absolute Gasteiger partial charge is 0.0438 e. The zero-order valence-electron chi connectivity index (χ0n) is 9.63. The molecule has 0 unspecified atom stereocenters. The lowest BCUT2D eigenvalue weighted by molar-refractivity contribution is 0.482. The number of halogens is 1. The lowest BCUT2D eigenvalue weighted by Crippen LogP contribution is -2.32. The Bertz CT molecular complexity index is 348. The molecule has 1 aromatic carbocycles. The Morgan fingerprint density at radius 1 is 1.38 bits per heavy atom. The maximum atomic E-state index is 6.10. The Labute approximate surface area is 107 Å². The van der Waals surface area contributed by atoms with Gasteiger partial charge in [-0.25, -0.2) is 0 Å². The van der Waals surface area contributed by atoms with Crippen molar-refractivity contribution >= 4 is 23.4 Å². The van der Waals surface area contributed by atoms with Crippen LogP contribution in [0.3, 0.4) is 0 Å². The predicted molar refractivity (Wildman–Crippen MR) is 73.4 cm³/mol. The zero-order chi connectivity index (χ0) is 11.4. The third-order valence-corrected chi connectivity index (χ3v) is 4.51. The summed E-state index contributed by atoms with van der Waals surface area (Å²) in [6.45, 7) is 2.98. The van der Waals surface area contributed by atoms with E-state index >= 15 is 0 Å². The highest BCUT2D eigenvalue weighted by Gasteiger charge is 2.12. The van der Waals surface area contributed by atoms with E-state index < -0.39 is 0 Å². The van der Waals surface area contributed by atoms with Gasteiger partial charge in [0.15, 0.2) is 0 Å². The van der Waals surface area contributed by atoms with Crippen molar-refractivity contribution in [2.75, 3.05) is 11.5 Å². The summed E-state index contributed by atoms with van der Waals surface area (Å²) >= 11 is 8.17. The van der Waals surface area contributed by atoms with Crippen molar-refractivity contribution < 1.29 is 0 Å². The van der Waals surface area contributed by atoms with Gasteiger partial charge >= 0.3 is 0 Å². The van der Waals surface area contributed by atoms with Gasteiger partial charge in [-0.1, -0.05) is 23.7 Å². The number of nitrogens with one attached hydrogen (secondary N) is 1. The molecule has 0 atom stereocenters. The molecule has 1 N–H and O–H groups in total. The van der Waals surface area contributed by atoms with Crippen molar-refractivity contribution in [3.63, 3.8) is 0 Å². The van der Waals surface area contributed by atoms with Gasteiger partial charge in [-0.05, 0) is 48.5 Å². The average Bonchev–Trinajstić information content (AvgIpc) is 2.32. The minimum absolute atomic E-state index is 0.696. The molecule has 88 valence electrons. The van der Waals surface area contributed by atoms with Crippen molar-refractivity contribution in [2.24, 2.45) is 0 Å². The summed E-state index contributed by atoms with van der Waals surface area (Å²) in [6, 6.07) is 7.02. The van der Waals surface area contributed by atoms with E-state index in [4.69, 9.17) is 11.6 Å². The molecule has 16 heavy (non-hydrogen) atoms. The molecule has 2 rings (SSSR count). The number of hydrogen-bond acceptors (Lipinski definition) is 2. The minimum Gasteiger partial charge on any atom is -0.310 e. The molecule has 0 bridgehead atoms. The minimum atomic E-state index is 0.696. The van der Waals surface area contributed by atoms with Gasteiger partial charge in [-0.2, -0.15) is 11.8 Å². The van der Waals surface area contributed by atoms with Crippen LogP contribution in [0, 0.1) is 6.92 Å². The van der Waals surface area contributed by atoms with Gasteiger partial charge in [0.2, 0.25) is 0 Å². The number of aryl methyl sites for hydroxylation is 1. The molecular formula is C13H18ClNS. The largest absolute Gasteiger partial charge is 0.310 e. The van der Waals surface area contributed by atoms with Crippen molar-refractivity contribution in [2.45, 2.75) is 32.4 Å². The summed E-state index contributed by atoms with van der Waals surface area (Å²) in [4.78, 5) is 0. The van der Waals surface area contributed by atoms with E-state index in [0.717, 1.165) is 17.1 Å². The van der Waals surface area contributed by atoms with Gasteiger partial charge in [-0.3, -0.25) is 0 Å². The molecule has 1 aliphatic rings. The monoisotopic (exact) mass is 255 g/mol. The molecule has 1 heterocycles. The highest BCUT2D eigenvalue weighted by atomic mass is 35.5. The fraction of sp³-hybridized carbons (Fsp3) is 0.538. The number of hydrogen-bond donors (Lipinski definition) is 1. The molecule has 1 aliphatic heterocycles. The Hall–Kier alpha value is -0.180. The molecule has 1 fully saturated rings. The lowest BCUT2D eigenvalue weighted by atomic mass is 10.1. The van der Waals surface area contributed by atoms with Crippen molar-refractivity contribution in [1.29, 1.82) is 0 Å². The molecule has 0 aliphatic carbocycles. The molecule has 0 radical (unpaired) electrons. The van der Waals surface area contributed by atoms with E-state index in [0.29, 0.717) is 6.04 Å². The van der Waals surface area contributed by atoms with E-state index in [1.807, 2.05) is 6.92 Å². The predicted octanol–water partition coefficient (Wildman–Crippen LogP) is 3.63. The molecular weight excluding hydrogens is 238 g/mol. The maximum absolute atomic E-state index is 6.10. The van der Waals surface area contributed by atoms with Gasteiger partial charge < -0.3 is 5.32 Å². The van der Waals surface area contributed by atoms with Gasteiger partial charge in [0.05, 0.1) is 0 Å². The van der Waals surface area contributed by atoms with E-state index in [1.165, 1.54) is 29.9 Å². The normalized spacial score (nSPS) is 17.6. The van der Waals surface area contributed by atoms with Crippen molar-refractivity contribution in [1.82, 2.24) is 5.32 Å². The first-order valence-electron chi connectivity index (χ1n) is 5.82. The summed E-state index contributed by atoms with van der Waals surface area (Å²) in [5.41, 5.74) is 2.44. The topological polar surface area (TPSA) is 12.0 Å². The third-order valence-electron chi connectivity index (χ3n) is 3.05. The van der Waals surface area contributed by atoms with Crippen LogP contribution >= 0.6 is 23.4 Å². The van der Waals surface area contributed by atoms with Crippen molar-refractivity contribution in [3.05, 3.63) is 34.3 Å². The Balaban J connectivity index is 1.86. The number of thioether (sulfide) groups is 1. The lowest BCUT2D eigenvalue weighted by Gasteiger charge is -2.22. The number of benzene rings is 1. The molecule has 1 nitrogen and oxygen atoms in total. The summed E-state index contributed by atoms with van der Waals surface area (Å²) < 4.78 is 0. The van der Waals surface area contributed by atoms with Crippen LogP contribution in [0.15, 0.2) is 18.2 Å². The molecule has 0 spiro atoms. The zero-order valence-corrected chi connectivity index (χ0v) is 11.2. The summed E-state index contributed by atoms with van der Waals surface area (Å²) in [5.74, 6) is 2.60. The molecule has 1 saturated heterocycles. The molecule has 0 aromatic heterocycles. The summed E-state index contributed by atoms with van der Waals surface area (Å²) in [5, 5.41) is 4.49. The second kappa shape index (κ2) is 5.95. The molecule has 0 amide bonds. The van der Waals surface area contributed by atoms with Crippen molar-refractivity contribution in [3.8, 4) is 0 Å². The second-order valence-corrected chi connectivity index (χ2v) is 5.98. The standard InChI is InChI=1S/C13H18ClNS/c1-10-2-3-11(8-13(10)14)9-15-12-4-6-16-7-5-12/h2-3,8,12,15H,4-7,9H2,1H3. The van der Waals surface area contributed by atoms with E-state index in [2.05, 4.69) is 35.3 Å². The van der Waals surface area contributed by atoms with Gasteiger partial charge in [0.25, 0.3) is 0 Å². The van der Waals surface area contributed by atoms with Gasteiger partial charge in [0.1, 0.15) is 0 Å². The highest BCUT2D eigenvalue weighted by Crippen LogP contribution is 2.19. The van der Waals surface area contributed by atoms with Crippen LogP contribution in [0.2, 0.25) is 5.02 Å². The van der Waals surface area contributed by atoms with Gasteiger partial charge in [-0.15, -0.1) is 0 Å². The summed E-state index contributed by atoms with van der Waals surface area (Å²) in [7, 11) is 0. The van der Waals surface area contributed by atoms with Crippen LogP contribution in [-0.4, -0.2) is 17.5 Å². The van der Waals surface area contributed by atoms with E-state index in [9.17, 15) is 0 Å². The first-order valence-corrected chi connectivity index (χ1v) is 7.35. The third kappa shape index (κ3) is 3.41. The van der Waals surface area contributed by atoms with Crippen LogP contribution in [0.4, 0.5) is 0 Å². The van der Waals surface area contributed by atoms with Crippen LogP contribution in [0.5, 0.6) is 0 Å². The maximum Gasteiger partial charge on any atom is 0.0438 e. The SMILES string of the molecule is Cc1ccc(CNC2CCSCC2)cc1Cl. The molecule has 1 aromatic rings. The fourth-order valence-electron chi connectivity index (χ4n) is 1.91. The van der Waals surface area contributed by atoms with Crippen LogP contribution in [0.25, 0.3) is 0 Å². The second-order valence-electron chi connectivity index (χ2n) is 4.35. The van der Waals surface area contributed by atoms with E-state index in [1.54, 1.807) is 0 Å². The van der Waals surface area contributed by atoms with E-state index in [-0.39, 0.29) is 0 Å². The first kappa shape index (κ1) is 12.3. The quantitative estimate of drug-likeness (QED) is 0.885. The van der Waals surface area contributed by atoms with Crippen LogP contribution in [0.1, 0.15) is 24.0 Å². The molecule has 3 heteroatoms. The molecule has 0 saturated carbocycles. The first-order chi connectivity index (χ1) is 7.75. The average molecular weight is 256 g/mol. The van der Waals surface area contributed by atoms with Gasteiger partial charge in [0, 0.05) is 17.6 Å². The van der Waals surface area contributed by atoms with Crippen LogP contribution < -0.4 is 5.32 Å². The fourth-order valence-corrected chi connectivity index (χ4v) is 3.22. The van der Waals surface area contributed by atoms with Crippen LogP contribution in [-0.2, 0) is 6.54 Å².